The van der Waals surface area contributed by atoms with Gasteiger partial charge in [-0.3, -0.25) is 0 Å². The molecule has 0 spiro atoms. The van der Waals surface area contributed by atoms with Gasteiger partial charge >= 0.3 is 0 Å². The van der Waals surface area contributed by atoms with Crippen molar-refractivity contribution in [2.24, 2.45) is 5.73 Å². The van der Waals surface area contributed by atoms with Crippen molar-refractivity contribution in [2.75, 3.05) is 6.54 Å². The van der Waals surface area contributed by atoms with E-state index in [1.165, 1.54) is 16.9 Å². The maximum atomic E-state index is 5.89. The molecule has 1 aromatic heterocycles. The van der Waals surface area contributed by atoms with Gasteiger partial charge in [0.1, 0.15) is 12.4 Å². The standard InChI is InChI=1S/C13H12Br2ClNOS/c14-10-5-8(3-4-17)6-11(15)13(10)18-7-9-1-2-12(16)19-9/h1-2,5-6H,3-4,7,17H2. The number of nitrogens with two attached hydrogens (primary N) is 1. The monoisotopic (exact) mass is 423 g/mol. The molecule has 0 amide bonds. The fraction of sp³-hybridized carbons (Fsp3) is 0.231. The summed E-state index contributed by atoms with van der Waals surface area (Å²) in [5.74, 6) is 0.797. The quantitative estimate of drug-likeness (QED) is 0.731. The van der Waals surface area contributed by atoms with Gasteiger partial charge in [0.25, 0.3) is 0 Å². The second-order valence-electron chi connectivity index (χ2n) is 3.92. The number of hydrogen-bond donors (Lipinski definition) is 1. The first-order chi connectivity index (χ1) is 9.10. The van der Waals surface area contributed by atoms with E-state index in [4.69, 9.17) is 22.1 Å². The van der Waals surface area contributed by atoms with E-state index in [9.17, 15) is 0 Å². The van der Waals surface area contributed by atoms with E-state index in [-0.39, 0.29) is 0 Å². The lowest BCUT2D eigenvalue weighted by Crippen LogP contribution is -2.03. The molecule has 2 rings (SSSR count). The summed E-state index contributed by atoms with van der Waals surface area (Å²) in [7, 11) is 0. The first-order valence-electron chi connectivity index (χ1n) is 5.65. The highest BCUT2D eigenvalue weighted by molar-refractivity contribution is 9.11. The Labute approximate surface area is 138 Å². The molecule has 0 aliphatic heterocycles. The fourth-order valence-corrected chi connectivity index (χ4v) is 4.14. The van der Waals surface area contributed by atoms with Crippen LogP contribution in [0.3, 0.4) is 0 Å². The predicted octanol–water partition coefficient (Wildman–Crippen LogP) is 5.01. The molecule has 0 aliphatic carbocycles. The molecule has 2 aromatic rings. The van der Waals surface area contributed by atoms with Crippen molar-refractivity contribution in [2.45, 2.75) is 13.0 Å². The minimum atomic E-state index is 0.505. The molecule has 2 nitrogen and oxygen atoms in total. The van der Waals surface area contributed by atoms with Crippen molar-refractivity contribution in [1.29, 1.82) is 0 Å². The molecule has 1 heterocycles. The molecule has 0 fully saturated rings. The molecule has 0 unspecified atom stereocenters. The number of benzene rings is 1. The lowest BCUT2D eigenvalue weighted by atomic mass is 10.1. The Bertz CT molecular complexity index is 551. The molecule has 102 valence electrons. The first kappa shape index (κ1) is 15.3. The van der Waals surface area contributed by atoms with Crippen molar-refractivity contribution in [3.8, 4) is 5.75 Å². The van der Waals surface area contributed by atoms with Gasteiger partial charge in [0, 0.05) is 4.88 Å². The molecule has 0 radical (unpaired) electrons. The maximum Gasteiger partial charge on any atom is 0.148 e. The third kappa shape index (κ3) is 4.20. The fourth-order valence-electron chi connectivity index (χ4n) is 1.63. The van der Waals surface area contributed by atoms with Crippen molar-refractivity contribution < 1.29 is 4.74 Å². The van der Waals surface area contributed by atoms with Crippen LogP contribution < -0.4 is 10.5 Å². The average molecular weight is 426 g/mol. The summed E-state index contributed by atoms with van der Waals surface area (Å²) in [4.78, 5) is 1.09. The Balaban J connectivity index is 2.11. The second kappa shape index (κ2) is 7.09. The largest absolute Gasteiger partial charge is 0.486 e. The van der Waals surface area contributed by atoms with Gasteiger partial charge in [-0.15, -0.1) is 11.3 Å². The van der Waals surface area contributed by atoms with Crippen LogP contribution in [0.5, 0.6) is 5.75 Å². The topological polar surface area (TPSA) is 35.2 Å². The maximum absolute atomic E-state index is 5.89. The number of hydrogen-bond acceptors (Lipinski definition) is 3. The highest BCUT2D eigenvalue weighted by atomic mass is 79.9. The molecular weight excluding hydrogens is 413 g/mol. The highest BCUT2D eigenvalue weighted by Crippen LogP contribution is 2.36. The van der Waals surface area contributed by atoms with E-state index < -0.39 is 0 Å². The normalized spacial score (nSPS) is 10.7. The second-order valence-corrected chi connectivity index (χ2v) is 7.43. The van der Waals surface area contributed by atoms with Crippen LogP contribution in [-0.2, 0) is 13.0 Å². The van der Waals surface area contributed by atoms with Gasteiger partial charge in [0.05, 0.1) is 13.3 Å². The van der Waals surface area contributed by atoms with Crippen LogP contribution in [0.4, 0.5) is 0 Å². The Morgan fingerprint density at radius 2 is 1.89 bits per heavy atom. The third-order valence-corrected chi connectivity index (χ3v) is 4.86. The summed E-state index contributed by atoms with van der Waals surface area (Å²) < 4.78 is 8.45. The Morgan fingerprint density at radius 1 is 1.21 bits per heavy atom. The van der Waals surface area contributed by atoms with E-state index in [1.807, 2.05) is 24.3 Å². The zero-order valence-electron chi connectivity index (χ0n) is 9.96. The molecule has 0 atom stereocenters. The van der Waals surface area contributed by atoms with Gasteiger partial charge in [-0.25, -0.2) is 0 Å². The molecule has 0 aliphatic rings. The number of thiophene rings is 1. The summed E-state index contributed by atoms with van der Waals surface area (Å²) >= 11 is 14.5. The zero-order chi connectivity index (χ0) is 13.8. The highest BCUT2D eigenvalue weighted by Gasteiger charge is 2.10. The van der Waals surface area contributed by atoms with E-state index in [0.29, 0.717) is 13.2 Å². The lowest BCUT2D eigenvalue weighted by molar-refractivity contribution is 0.305. The van der Waals surface area contributed by atoms with Crippen LogP contribution in [0.25, 0.3) is 0 Å². The van der Waals surface area contributed by atoms with Gasteiger partial charge in [0.15, 0.2) is 0 Å². The van der Waals surface area contributed by atoms with E-state index >= 15 is 0 Å². The molecule has 2 N–H and O–H groups in total. The number of halogens is 3. The predicted molar refractivity (Wildman–Crippen MR) is 88.3 cm³/mol. The first-order valence-corrected chi connectivity index (χ1v) is 8.43. The van der Waals surface area contributed by atoms with Gasteiger partial charge in [-0.2, -0.15) is 0 Å². The van der Waals surface area contributed by atoms with Crippen LogP contribution in [-0.4, -0.2) is 6.54 Å². The van der Waals surface area contributed by atoms with Crippen LogP contribution in [0.1, 0.15) is 10.4 Å². The van der Waals surface area contributed by atoms with Gasteiger partial charge in [-0.05, 0) is 74.7 Å². The smallest absolute Gasteiger partial charge is 0.148 e. The minimum Gasteiger partial charge on any atom is -0.486 e. The Kier molecular flexibility index (Phi) is 5.71. The van der Waals surface area contributed by atoms with Crippen molar-refractivity contribution in [1.82, 2.24) is 0 Å². The third-order valence-electron chi connectivity index (χ3n) is 2.48. The average Bonchev–Trinajstić information content (AvgIpc) is 2.74. The van der Waals surface area contributed by atoms with Gasteiger partial charge in [0.2, 0.25) is 0 Å². The van der Waals surface area contributed by atoms with Gasteiger partial charge < -0.3 is 10.5 Å². The van der Waals surface area contributed by atoms with E-state index in [0.717, 1.165) is 30.3 Å². The van der Waals surface area contributed by atoms with Crippen LogP contribution in [0.2, 0.25) is 4.34 Å². The number of ether oxygens (including phenoxy) is 1. The van der Waals surface area contributed by atoms with Crippen LogP contribution in [0.15, 0.2) is 33.2 Å². The summed E-state index contributed by atoms with van der Waals surface area (Å²) in [6, 6.07) is 7.92. The van der Waals surface area contributed by atoms with Crippen molar-refractivity contribution in [3.63, 3.8) is 0 Å². The zero-order valence-corrected chi connectivity index (χ0v) is 14.7. The van der Waals surface area contributed by atoms with Crippen LogP contribution >= 0.6 is 54.8 Å². The molecule has 0 saturated heterocycles. The molecular formula is C13H12Br2ClNOS. The van der Waals surface area contributed by atoms with Crippen LogP contribution in [0, 0.1) is 0 Å². The minimum absolute atomic E-state index is 0.505. The number of rotatable bonds is 5. The lowest BCUT2D eigenvalue weighted by Gasteiger charge is -2.11. The molecule has 0 bridgehead atoms. The Hall–Kier alpha value is -0.0700. The molecule has 6 heteroatoms. The van der Waals surface area contributed by atoms with E-state index in [1.54, 1.807) is 0 Å². The summed E-state index contributed by atoms with van der Waals surface area (Å²) in [6.45, 7) is 1.14. The molecule has 19 heavy (non-hydrogen) atoms. The van der Waals surface area contributed by atoms with E-state index in [2.05, 4.69) is 31.9 Å². The molecule has 1 aromatic carbocycles. The molecule has 0 saturated carbocycles. The van der Waals surface area contributed by atoms with Crippen molar-refractivity contribution in [3.05, 3.63) is 48.0 Å². The SMILES string of the molecule is NCCc1cc(Br)c(OCc2ccc(Cl)s2)c(Br)c1. The van der Waals surface area contributed by atoms with Crippen molar-refractivity contribution >= 4 is 54.8 Å². The van der Waals surface area contributed by atoms with Gasteiger partial charge in [-0.1, -0.05) is 11.6 Å². The summed E-state index contributed by atoms with van der Waals surface area (Å²) in [6.07, 6.45) is 0.845. The summed E-state index contributed by atoms with van der Waals surface area (Å²) in [5.41, 5.74) is 6.74. The Morgan fingerprint density at radius 3 is 2.42 bits per heavy atom. The summed E-state index contributed by atoms with van der Waals surface area (Å²) in [5, 5.41) is 0.